The molecule has 11 heavy (non-hydrogen) atoms. The molecule has 0 aromatic rings. The smallest absolute Gasteiger partial charge is 0.120 e. The van der Waals surface area contributed by atoms with Crippen molar-refractivity contribution in [2.24, 2.45) is 0 Å². The van der Waals surface area contributed by atoms with Gasteiger partial charge in [0.2, 0.25) is 0 Å². The maximum Gasteiger partial charge on any atom is 0.120 e. The Labute approximate surface area is 80.6 Å². The van der Waals surface area contributed by atoms with E-state index in [1.54, 1.807) is 0 Å². The Balaban J connectivity index is 1.91. The number of nitrogens with zero attached hydrogens (tertiary/aromatic N) is 1. The first-order valence-electron chi connectivity index (χ1n) is 4.04. The molecule has 0 aromatic carbocycles. The molecule has 0 spiro atoms. The lowest BCUT2D eigenvalue weighted by molar-refractivity contribution is -0.0786. The van der Waals surface area contributed by atoms with Crippen LogP contribution in [0, 0.1) is 0 Å². The van der Waals surface area contributed by atoms with E-state index < -0.39 is 0 Å². The fourth-order valence-corrected chi connectivity index (χ4v) is 2.44. The third kappa shape index (κ3) is 1.54. The van der Waals surface area contributed by atoms with Crippen molar-refractivity contribution < 1.29 is 4.74 Å². The van der Waals surface area contributed by atoms with Gasteiger partial charge in [0.15, 0.2) is 0 Å². The first kappa shape index (κ1) is 8.22. The SMILES string of the molecule is IC1(N2CCNCC2)COC1. The number of nitrogens with one attached hydrogen (secondary N) is 1. The first-order valence-corrected chi connectivity index (χ1v) is 5.12. The zero-order chi connectivity index (χ0) is 7.73. The van der Waals surface area contributed by atoms with Gasteiger partial charge in [0.25, 0.3) is 0 Å². The molecule has 0 amide bonds. The van der Waals surface area contributed by atoms with Gasteiger partial charge in [-0.2, -0.15) is 0 Å². The molecule has 0 saturated carbocycles. The van der Waals surface area contributed by atoms with E-state index in [-0.39, 0.29) is 0 Å². The number of piperazine rings is 1. The van der Waals surface area contributed by atoms with Gasteiger partial charge in [0, 0.05) is 26.2 Å². The lowest BCUT2D eigenvalue weighted by Gasteiger charge is -2.47. The summed E-state index contributed by atoms with van der Waals surface area (Å²) < 4.78 is 5.55. The molecule has 1 N–H and O–H groups in total. The standard InChI is InChI=1S/C7H13IN2O/c8-7(5-11-6-7)10-3-1-9-2-4-10/h9H,1-6H2. The summed E-state index contributed by atoms with van der Waals surface area (Å²) in [5.74, 6) is 0. The fraction of sp³-hybridized carbons (Fsp3) is 1.00. The van der Waals surface area contributed by atoms with Crippen molar-refractivity contribution in [2.75, 3.05) is 39.4 Å². The van der Waals surface area contributed by atoms with Gasteiger partial charge in [-0.15, -0.1) is 0 Å². The summed E-state index contributed by atoms with van der Waals surface area (Å²) in [7, 11) is 0. The van der Waals surface area contributed by atoms with E-state index in [0.29, 0.717) is 3.55 Å². The Morgan fingerprint density at radius 2 is 1.91 bits per heavy atom. The molecule has 2 rings (SSSR count). The van der Waals surface area contributed by atoms with Crippen molar-refractivity contribution in [1.29, 1.82) is 0 Å². The van der Waals surface area contributed by atoms with Crippen LogP contribution in [0.4, 0.5) is 0 Å². The van der Waals surface area contributed by atoms with Gasteiger partial charge in [0.1, 0.15) is 3.55 Å². The molecule has 0 aliphatic carbocycles. The summed E-state index contributed by atoms with van der Waals surface area (Å²) in [6.45, 7) is 6.43. The number of rotatable bonds is 1. The van der Waals surface area contributed by atoms with Gasteiger partial charge in [-0.05, 0) is 0 Å². The average Bonchev–Trinajstić information content (AvgIpc) is 2.02. The van der Waals surface area contributed by atoms with E-state index in [2.05, 4.69) is 32.8 Å². The molecule has 0 unspecified atom stereocenters. The number of hydrogen-bond donors (Lipinski definition) is 1. The number of ether oxygens (including phenoxy) is 1. The van der Waals surface area contributed by atoms with Gasteiger partial charge in [-0.25, -0.2) is 0 Å². The Bertz CT molecular complexity index is 143. The Morgan fingerprint density at radius 3 is 2.36 bits per heavy atom. The highest BCUT2D eigenvalue weighted by Crippen LogP contribution is 2.32. The number of hydrogen-bond acceptors (Lipinski definition) is 3. The Kier molecular flexibility index (Phi) is 2.36. The topological polar surface area (TPSA) is 24.5 Å². The summed E-state index contributed by atoms with van der Waals surface area (Å²) in [5.41, 5.74) is 0. The molecule has 64 valence electrons. The highest BCUT2D eigenvalue weighted by molar-refractivity contribution is 14.1. The molecule has 0 radical (unpaired) electrons. The molecule has 2 aliphatic heterocycles. The van der Waals surface area contributed by atoms with E-state index in [4.69, 9.17) is 4.74 Å². The van der Waals surface area contributed by atoms with Crippen LogP contribution in [0.2, 0.25) is 0 Å². The second-order valence-corrected chi connectivity index (χ2v) is 5.16. The molecule has 3 nitrogen and oxygen atoms in total. The van der Waals surface area contributed by atoms with Crippen LogP contribution < -0.4 is 5.32 Å². The quantitative estimate of drug-likeness (QED) is 0.413. The molecule has 2 aliphatic rings. The van der Waals surface area contributed by atoms with E-state index in [1.165, 1.54) is 13.1 Å². The molecule has 0 atom stereocenters. The zero-order valence-corrected chi connectivity index (χ0v) is 8.63. The van der Waals surface area contributed by atoms with Gasteiger partial charge in [0.05, 0.1) is 13.2 Å². The molecule has 2 saturated heterocycles. The third-order valence-corrected chi connectivity index (χ3v) is 3.64. The number of halogens is 1. The predicted molar refractivity (Wildman–Crippen MR) is 52.0 cm³/mol. The van der Waals surface area contributed by atoms with Crippen LogP contribution in [-0.4, -0.2) is 47.8 Å². The summed E-state index contributed by atoms with van der Waals surface area (Å²) >= 11 is 2.52. The van der Waals surface area contributed by atoms with Gasteiger partial charge in [-0.1, -0.05) is 22.6 Å². The van der Waals surface area contributed by atoms with E-state index in [9.17, 15) is 0 Å². The third-order valence-electron chi connectivity index (χ3n) is 2.33. The molecular formula is C7H13IN2O. The maximum absolute atomic E-state index is 5.22. The van der Waals surface area contributed by atoms with Crippen LogP contribution in [-0.2, 0) is 4.74 Å². The van der Waals surface area contributed by atoms with Crippen LogP contribution in [0.3, 0.4) is 0 Å². The van der Waals surface area contributed by atoms with Crippen molar-refractivity contribution in [1.82, 2.24) is 10.2 Å². The van der Waals surface area contributed by atoms with Crippen LogP contribution in [0.15, 0.2) is 0 Å². The van der Waals surface area contributed by atoms with Crippen molar-refractivity contribution in [3.05, 3.63) is 0 Å². The van der Waals surface area contributed by atoms with Gasteiger partial charge in [-0.3, -0.25) is 4.90 Å². The largest absolute Gasteiger partial charge is 0.376 e. The highest BCUT2D eigenvalue weighted by Gasteiger charge is 2.41. The monoisotopic (exact) mass is 268 g/mol. The van der Waals surface area contributed by atoms with Crippen LogP contribution in [0.1, 0.15) is 0 Å². The highest BCUT2D eigenvalue weighted by atomic mass is 127. The minimum Gasteiger partial charge on any atom is -0.376 e. The second-order valence-electron chi connectivity index (χ2n) is 3.15. The lowest BCUT2D eigenvalue weighted by Crippen LogP contribution is -2.62. The minimum atomic E-state index is 0.333. The Hall–Kier alpha value is 0.610. The normalized spacial score (nSPS) is 31.4. The van der Waals surface area contributed by atoms with Crippen LogP contribution in [0.5, 0.6) is 0 Å². The van der Waals surface area contributed by atoms with E-state index >= 15 is 0 Å². The summed E-state index contributed by atoms with van der Waals surface area (Å²) in [6.07, 6.45) is 0. The van der Waals surface area contributed by atoms with Crippen molar-refractivity contribution in [3.63, 3.8) is 0 Å². The average molecular weight is 268 g/mol. The summed E-state index contributed by atoms with van der Waals surface area (Å²) in [5, 5.41) is 3.35. The van der Waals surface area contributed by atoms with E-state index in [0.717, 1.165) is 26.3 Å². The first-order chi connectivity index (χ1) is 5.31. The van der Waals surface area contributed by atoms with Crippen LogP contribution >= 0.6 is 22.6 Å². The molecule has 2 heterocycles. The minimum absolute atomic E-state index is 0.333. The van der Waals surface area contributed by atoms with Crippen molar-refractivity contribution in [2.45, 2.75) is 3.55 Å². The van der Waals surface area contributed by atoms with Crippen molar-refractivity contribution in [3.8, 4) is 0 Å². The van der Waals surface area contributed by atoms with E-state index in [1.807, 2.05) is 0 Å². The summed E-state index contributed by atoms with van der Waals surface area (Å²) in [6, 6.07) is 0. The van der Waals surface area contributed by atoms with Gasteiger partial charge >= 0.3 is 0 Å². The van der Waals surface area contributed by atoms with Gasteiger partial charge < -0.3 is 10.1 Å². The zero-order valence-electron chi connectivity index (χ0n) is 6.48. The second kappa shape index (κ2) is 3.16. The molecule has 4 heteroatoms. The summed E-state index contributed by atoms with van der Waals surface area (Å²) in [4.78, 5) is 2.52. The molecular weight excluding hydrogens is 255 g/mol. The lowest BCUT2D eigenvalue weighted by atomic mass is 10.2. The maximum atomic E-state index is 5.22. The molecule has 2 fully saturated rings. The predicted octanol–water partition coefficient (Wildman–Crippen LogP) is 0.0531. The Morgan fingerprint density at radius 1 is 1.27 bits per heavy atom. The molecule has 0 aromatic heterocycles. The number of alkyl halides is 1. The molecule has 0 bridgehead atoms. The van der Waals surface area contributed by atoms with Crippen molar-refractivity contribution >= 4 is 22.6 Å². The fourth-order valence-electron chi connectivity index (χ4n) is 1.52. The van der Waals surface area contributed by atoms with Crippen LogP contribution in [0.25, 0.3) is 0 Å².